The zero-order valence-corrected chi connectivity index (χ0v) is 13.9. The monoisotopic (exact) mass is 335 g/mol. The molecule has 7 nitrogen and oxygen atoms in total. The Labute approximate surface area is 141 Å². The average molecular weight is 335 g/mol. The van der Waals surface area contributed by atoms with E-state index in [9.17, 15) is 14.4 Å². The molecule has 132 valence electrons. The number of urea groups is 1. The Morgan fingerprint density at radius 2 is 1.62 bits per heavy atom. The Kier molecular flexibility index (Phi) is 8.96. The first-order valence-corrected chi connectivity index (χ1v) is 8.13. The molecule has 0 aliphatic heterocycles. The van der Waals surface area contributed by atoms with Crippen molar-refractivity contribution in [2.45, 2.75) is 39.2 Å². The molecule has 1 rings (SSSR count). The predicted molar refractivity (Wildman–Crippen MR) is 90.8 cm³/mol. The zero-order chi connectivity index (χ0) is 17.8. The minimum Gasteiger partial charge on any atom is -0.481 e. The molecule has 0 saturated heterocycles. The Hall–Kier alpha value is -2.57. The third-order valence-corrected chi connectivity index (χ3v) is 3.34. The number of unbranched alkanes of at least 4 members (excludes halogenated alkanes) is 1. The molecule has 0 unspecified atom stereocenters. The molecule has 0 heterocycles. The summed E-state index contributed by atoms with van der Waals surface area (Å²) in [5.41, 5.74) is 1.47. The highest BCUT2D eigenvalue weighted by molar-refractivity contribution is 5.94. The Morgan fingerprint density at radius 1 is 0.958 bits per heavy atom. The van der Waals surface area contributed by atoms with Crippen molar-refractivity contribution in [1.29, 1.82) is 0 Å². The number of aliphatic carboxylic acids is 1. The number of carbonyl (C=O) groups is 3. The number of rotatable bonds is 10. The summed E-state index contributed by atoms with van der Waals surface area (Å²) in [7, 11) is 0. The van der Waals surface area contributed by atoms with Crippen LogP contribution in [0.15, 0.2) is 24.3 Å². The van der Waals surface area contributed by atoms with Gasteiger partial charge in [0.2, 0.25) is 0 Å². The van der Waals surface area contributed by atoms with Gasteiger partial charge < -0.3 is 21.1 Å². The Morgan fingerprint density at radius 3 is 2.25 bits per heavy atom. The van der Waals surface area contributed by atoms with E-state index in [-0.39, 0.29) is 18.4 Å². The van der Waals surface area contributed by atoms with Gasteiger partial charge in [-0.15, -0.1) is 0 Å². The van der Waals surface area contributed by atoms with Crippen LogP contribution in [-0.4, -0.2) is 36.1 Å². The number of hydrogen-bond acceptors (Lipinski definition) is 3. The van der Waals surface area contributed by atoms with Crippen LogP contribution in [0.1, 0.15) is 48.5 Å². The minimum absolute atomic E-state index is 0.0298. The van der Waals surface area contributed by atoms with Crippen molar-refractivity contribution in [3.05, 3.63) is 35.4 Å². The maximum absolute atomic E-state index is 11.9. The summed E-state index contributed by atoms with van der Waals surface area (Å²) in [6.45, 7) is 3.38. The Bertz CT molecular complexity index is 543. The van der Waals surface area contributed by atoms with Crippen LogP contribution in [0.3, 0.4) is 0 Å². The van der Waals surface area contributed by atoms with E-state index in [2.05, 4.69) is 22.9 Å². The fraction of sp³-hybridized carbons (Fsp3) is 0.471. The molecule has 7 heteroatoms. The largest absolute Gasteiger partial charge is 0.481 e. The lowest BCUT2D eigenvalue weighted by Crippen LogP contribution is -2.35. The van der Waals surface area contributed by atoms with E-state index in [4.69, 9.17) is 5.11 Å². The molecule has 0 aliphatic rings. The van der Waals surface area contributed by atoms with Crippen LogP contribution in [0, 0.1) is 0 Å². The van der Waals surface area contributed by atoms with Gasteiger partial charge in [0.1, 0.15) is 0 Å². The van der Waals surface area contributed by atoms with Gasteiger partial charge in [0, 0.05) is 31.6 Å². The Balaban J connectivity index is 2.29. The van der Waals surface area contributed by atoms with Gasteiger partial charge in [-0.3, -0.25) is 9.59 Å². The molecule has 0 fully saturated rings. The first kappa shape index (κ1) is 19.5. The van der Waals surface area contributed by atoms with Gasteiger partial charge in [-0.05, 0) is 30.5 Å². The first-order chi connectivity index (χ1) is 11.5. The summed E-state index contributed by atoms with van der Waals surface area (Å²) < 4.78 is 0. The molecule has 0 aromatic heterocycles. The van der Waals surface area contributed by atoms with Gasteiger partial charge in [-0.1, -0.05) is 25.5 Å². The lowest BCUT2D eigenvalue weighted by atomic mass is 10.1. The molecule has 0 radical (unpaired) electrons. The molecule has 0 spiro atoms. The molecular formula is C17H25N3O4. The third kappa shape index (κ3) is 8.17. The molecule has 3 amide bonds. The fourth-order valence-electron chi connectivity index (χ4n) is 1.94. The molecule has 1 aromatic carbocycles. The van der Waals surface area contributed by atoms with Crippen molar-refractivity contribution >= 4 is 17.9 Å². The molecule has 4 N–H and O–H groups in total. The number of amides is 3. The fourth-order valence-corrected chi connectivity index (χ4v) is 1.94. The normalized spacial score (nSPS) is 10.0. The van der Waals surface area contributed by atoms with E-state index in [1.54, 1.807) is 24.3 Å². The van der Waals surface area contributed by atoms with Crippen LogP contribution < -0.4 is 16.0 Å². The smallest absolute Gasteiger partial charge is 0.315 e. The predicted octanol–water partition coefficient (Wildman–Crippen LogP) is 1.88. The highest BCUT2D eigenvalue weighted by Gasteiger charge is 2.05. The lowest BCUT2D eigenvalue weighted by molar-refractivity contribution is -0.137. The summed E-state index contributed by atoms with van der Waals surface area (Å²) in [5.74, 6) is -0.977. The number of carbonyl (C=O) groups excluding carboxylic acids is 2. The van der Waals surface area contributed by atoms with Crippen molar-refractivity contribution in [3.8, 4) is 0 Å². The van der Waals surface area contributed by atoms with Crippen molar-refractivity contribution in [3.63, 3.8) is 0 Å². The van der Waals surface area contributed by atoms with Crippen LogP contribution in [0.5, 0.6) is 0 Å². The van der Waals surface area contributed by atoms with Gasteiger partial charge >= 0.3 is 12.0 Å². The van der Waals surface area contributed by atoms with Crippen LogP contribution in [0.4, 0.5) is 4.79 Å². The van der Waals surface area contributed by atoms with Crippen molar-refractivity contribution in [1.82, 2.24) is 16.0 Å². The SMILES string of the molecule is CCCCNC(=O)c1ccc(CNC(=O)NCCCC(=O)O)cc1. The van der Waals surface area contributed by atoms with Crippen LogP contribution in [0.25, 0.3) is 0 Å². The summed E-state index contributed by atoms with van der Waals surface area (Å²) in [5, 5.41) is 16.6. The minimum atomic E-state index is -0.879. The number of carboxylic acid groups (broad SMARTS) is 1. The van der Waals surface area contributed by atoms with Crippen LogP contribution in [-0.2, 0) is 11.3 Å². The summed E-state index contributed by atoms with van der Waals surface area (Å²) in [4.78, 5) is 33.8. The zero-order valence-electron chi connectivity index (χ0n) is 13.9. The third-order valence-electron chi connectivity index (χ3n) is 3.34. The van der Waals surface area contributed by atoms with E-state index in [1.807, 2.05) is 0 Å². The number of carboxylic acids is 1. The standard InChI is InChI=1S/C17H25N3O4/c1-2-3-10-18-16(23)14-8-6-13(7-9-14)12-20-17(24)19-11-4-5-15(21)22/h6-9H,2-5,10-12H2,1H3,(H,18,23)(H,21,22)(H2,19,20,24). The molecular weight excluding hydrogens is 310 g/mol. The van der Waals surface area contributed by atoms with Gasteiger partial charge in [0.25, 0.3) is 5.91 Å². The van der Waals surface area contributed by atoms with E-state index < -0.39 is 5.97 Å². The number of nitrogens with one attached hydrogen (secondary N) is 3. The number of benzene rings is 1. The molecule has 0 aliphatic carbocycles. The van der Waals surface area contributed by atoms with Crippen LogP contribution in [0.2, 0.25) is 0 Å². The lowest BCUT2D eigenvalue weighted by Gasteiger charge is -2.08. The second-order valence-electron chi connectivity index (χ2n) is 5.41. The first-order valence-electron chi connectivity index (χ1n) is 8.13. The topological polar surface area (TPSA) is 108 Å². The second kappa shape index (κ2) is 11.0. The van der Waals surface area contributed by atoms with Gasteiger partial charge in [0.15, 0.2) is 0 Å². The van der Waals surface area contributed by atoms with Crippen molar-refractivity contribution in [2.75, 3.05) is 13.1 Å². The van der Waals surface area contributed by atoms with Gasteiger partial charge in [0.05, 0.1) is 0 Å². The van der Waals surface area contributed by atoms with E-state index in [0.717, 1.165) is 18.4 Å². The van der Waals surface area contributed by atoms with Gasteiger partial charge in [-0.2, -0.15) is 0 Å². The maximum atomic E-state index is 11.9. The highest BCUT2D eigenvalue weighted by Crippen LogP contribution is 2.04. The average Bonchev–Trinajstić information content (AvgIpc) is 2.57. The van der Waals surface area contributed by atoms with E-state index in [1.165, 1.54) is 0 Å². The summed E-state index contributed by atoms with van der Waals surface area (Å²) in [6.07, 6.45) is 2.41. The molecule has 1 aromatic rings. The maximum Gasteiger partial charge on any atom is 0.315 e. The van der Waals surface area contributed by atoms with E-state index in [0.29, 0.717) is 31.6 Å². The highest BCUT2D eigenvalue weighted by atomic mass is 16.4. The van der Waals surface area contributed by atoms with Gasteiger partial charge in [-0.25, -0.2) is 4.79 Å². The second-order valence-corrected chi connectivity index (χ2v) is 5.41. The summed E-state index contributed by atoms with van der Waals surface area (Å²) in [6, 6.07) is 6.69. The molecule has 0 atom stereocenters. The van der Waals surface area contributed by atoms with Crippen molar-refractivity contribution < 1.29 is 19.5 Å². The molecule has 24 heavy (non-hydrogen) atoms. The van der Waals surface area contributed by atoms with Crippen LogP contribution >= 0.6 is 0 Å². The van der Waals surface area contributed by atoms with E-state index >= 15 is 0 Å². The quantitative estimate of drug-likeness (QED) is 0.490. The molecule has 0 saturated carbocycles. The molecule has 0 bridgehead atoms. The van der Waals surface area contributed by atoms with Crippen molar-refractivity contribution in [2.24, 2.45) is 0 Å². The number of hydrogen-bond donors (Lipinski definition) is 4. The summed E-state index contributed by atoms with van der Waals surface area (Å²) >= 11 is 0.